The largest absolute Gasteiger partial charge is 0.496 e. The van der Waals surface area contributed by atoms with Crippen LogP contribution in [0.15, 0.2) is 17.0 Å². The van der Waals surface area contributed by atoms with Crippen molar-refractivity contribution in [2.75, 3.05) is 20.2 Å². The second kappa shape index (κ2) is 8.77. The molecule has 0 unspecified atom stereocenters. The number of carboxylic acid groups (broad SMARTS) is 1. The molecule has 2 atom stereocenters. The van der Waals surface area contributed by atoms with Gasteiger partial charge in [0, 0.05) is 19.1 Å². The van der Waals surface area contributed by atoms with E-state index in [1.165, 1.54) is 4.31 Å². The van der Waals surface area contributed by atoms with Gasteiger partial charge in [-0.05, 0) is 61.8 Å². The Labute approximate surface area is 166 Å². The summed E-state index contributed by atoms with van der Waals surface area (Å²) in [5, 5.41) is 9.39. The van der Waals surface area contributed by atoms with E-state index in [2.05, 4.69) is 0 Å². The van der Waals surface area contributed by atoms with Crippen LogP contribution in [0.25, 0.3) is 0 Å². The summed E-state index contributed by atoms with van der Waals surface area (Å²) in [6.07, 6.45) is 4.30. The number of nitrogens with two attached hydrogens (primary N) is 1. The molecule has 1 fully saturated rings. The average molecular weight is 419 g/mol. The first kappa shape index (κ1) is 21.9. The summed E-state index contributed by atoms with van der Waals surface area (Å²) >= 11 is 0. The second-order valence-electron chi connectivity index (χ2n) is 7.12. The predicted octanol–water partition coefficient (Wildman–Crippen LogP) is 1.81. The molecule has 1 aliphatic carbocycles. The monoisotopic (exact) mass is 418 g/mol. The van der Waals surface area contributed by atoms with Crippen molar-refractivity contribution in [2.24, 2.45) is 11.7 Å². The summed E-state index contributed by atoms with van der Waals surface area (Å²) in [5.74, 6) is -0.988. The fourth-order valence-corrected chi connectivity index (χ4v) is 5.77. The van der Waals surface area contributed by atoms with Crippen LogP contribution in [0.2, 0.25) is 0 Å². The lowest BCUT2D eigenvalue weighted by molar-refractivity contribution is -0.142. The van der Waals surface area contributed by atoms with Gasteiger partial charge in [0.2, 0.25) is 10.0 Å². The minimum atomic E-state index is -3.82. The van der Waals surface area contributed by atoms with E-state index < -0.39 is 21.9 Å². The molecule has 1 heterocycles. The number of aliphatic carboxylic acids is 1. The van der Waals surface area contributed by atoms with Crippen molar-refractivity contribution in [3.8, 4) is 5.75 Å². The molecular weight excluding hydrogens is 392 g/mol. The van der Waals surface area contributed by atoms with Crippen molar-refractivity contribution >= 4 is 28.4 Å². The van der Waals surface area contributed by atoms with Crippen molar-refractivity contribution in [2.45, 2.75) is 49.5 Å². The first-order valence-electron chi connectivity index (χ1n) is 9.02. The number of hydrogen-bond donors (Lipinski definition) is 2. The topological polar surface area (TPSA) is 110 Å². The minimum Gasteiger partial charge on any atom is -0.496 e. The Kier molecular flexibility index (Phi) is 7.13. The average Bonchev–Trinajstić information content (AvgIpc) is 2.83. The zero-order valence-corrected chi connectivity index (χ0v) is 17.0. The number of nitrogens with zero attached hydrogens (tertiary/aromatic N) is 1. The van der Waals surface area contributed by atoms with Gasteiger partial charge in [-0.25, -0.2) is 8.42 Å². The van der Waals surface area contributed by atoms with E-state index in [4.69, 9.17) is 10.5 Å². The second-order valence-corrected chi connectivity index (χ2v) is 9.03. The summed E-state index contributed by atoms with van der Waals surface area (Å²) in [6, 6.07) is 2.93. The highest BCUT2D eigenvalue weighted by Gasteiger charge is 2.36. The van der Waals surface area contributed by atoms with Gasteiger partial charge in [-0.1, -0.05) is 0 Å². The SMILES string of the molecule is COc1ccc(S(=O)(=O)N2C[C@H](N)CC[C@H](C(=O)O)C2)c2c1CCCC2.Cl. The molecule has 0 amide bonds. The third kappa shape index (κ3) is 4.39. The van der Waals surface area contributed by atoms with Crippen LogP contribution in [-0.2, 0) is 27.7 Å². The van der Waals surface area contributed by atoms with E-state index in [0.717, 1.165) is 36.1 Å². The zero-order chi connectivity index (χ0) is 18.9. The standard InChI is InChI=1S/C18H26N2O5S.ClH/c1-25-16-8-9-17(15-5-3-2-4-14(15)16)26(23,24)20-10-12(18(21)22)6-7-13(19)11-20;/h8-9,12-13H,2-7,10-11,19H2,1H3,(H,21,22);1H/t12-,13+;/m0./s1. The van der Waals surface area contributed by atoms with Crippen molar-refractivity contribution in [3.63, 3.8) is 0 Å². The Morgan fingerprint density at radius 2 is 1.85 bits per heavy atom. The quantitative estimate of drug-likeness (QED) is 0.771. The predicted molar refractivity (Wildman–Crippen MR) is 104 cm³/mol. The molecule has 1 aromatic carbocycles. The summed E-state index contributed by atoms with van der Waals surface area (Å²) in [7, 11) is -2.23. The molecule has 1 saturated heterocycles. The molecule has 1 aromatic rings. The molecule has 0 spiro atoms. The van der Waals surface area contributed by atoms with E-state index in [1.807, 2.05) is 0 Å². The lowest BCUT2D eigenvalue weighted by Crippen LogP contribution is -2.42. The number of carbonyl (C=O) groups is 1. The van der Waals surface area contributed by atoms with Crippen LogP contribution in [0.5, 0.6) is 5.75 Å². The number of fused-ring (bicyclic) bond motifs is 1. The third-order valence-corrected chi connectivity index (χ3v) is 7.30. The van der Waals surface area contributed by atoms with Gasteiger partial charge in [0.15, 0.2) is 0 Å². The van der Waals surface area contributed by atoms with Crippen molar-refractivity contribution < 1.29 is 23.1 Å². The molecule has 0 radical (unpaired) electrons. The summed E-state index contributed by atoms with van der Waals surface area (Å²) in [6.45, 7) is 0.110. The lowest BCUT2D eigenvalue weighted by atomic mass is 9.91. The Balaban J connectivity index is 0.00000261. The normalized spacial score (nSPS) is 23.6. The number of methoxy groups -OCH3 is 1. The molecule has 0 aromatic heterocycles. The fraction of sp³-hybridized carbons (Fsp3) is 0.611. The molecule has 2 aliphatic rings. The Hall–Kier alpha value is -1.35. The zero-order valence-electron chi connectivity index (χ0n) is 15.4. The van der Waals surface area contributed by atoms with Gasteiger partial charge >= 0.3 is 5.97 Å². The van der Waals surface area contributed by atoms with E-state index in [-0.39, 0.29) is 36.4 Å². The van der Waals surface area contributed by atoms with Crippen LogP contribution in [0.3, 0.4) is 0 Å². The summed E-state index contributed by atoms with van der Waals surface area (Å²) in [5.41, 5.74) is 7.79. The number of hydrogen-bond acceptors (Lipinski definition) is 5. The van der Waals surface area contributed by atoms with Gasteiger partial charge < -0.3 is 15.6 Å². The number of carboxylic acids is 1. The van der Waals surface area contributed by atoms with Gasteiger partial charge in [-0.15, -0.1) is 12.4 Å². The third-order valence-electron chi connectivity index (χ3n) is 5.38. The molecule has 9 heteroatoms. The highest BCUT2D eigenvalue weighted by molar-refractivity contribution is 7.89. The van der Waals surface area contributed by atoms with E-state index in [1.54, 1.807) is 19.2 Å². The Morgan fingerprint density at radius 1 is 1.19 bits per heavy atom. The van der Waals surface area contributed by atoms with Crippen LogP contribution in [0, 0.1) is 5.92 Å². The summed E-state index contributed by atoms with van der Waals surface area (Å²) < 4.78 is 33.4. The maximum absolute atomic E-state index is 13.4. The smallest absolute Gasteiger partial charge is 0.307 e. The van der Waals surface area contributed by atoms with E-state index in [9.17, 15) is 18.3 Å². The molecule has 0 saturated carbocycles. The first-order chi connectivity index (χ1) is 12.3. The van der Waals surface area contributed by atoms with Gasteiger partial charge in [-0.3, -0.25) is 4.79 Å². The molecule has 27 heavy (non-hydrogen) atoms. The Bertz CT molecular complexity index is 799. The molecule has 152 valence electrons. The number of benzene rings is 1. The number of halogens is 1. The Morgan fingerprint density at radius 3 is 2.48 bits per heavy atom. The van der Waals surface area contributed by atoms with Gasteiger partial charge in [0.1, 0.15) is 5.75 Å². The molecule has 1 aliphatic heterocycles. The van der Waals surface area contributed by atoms with Crippen LogP contribution < -0.4 is 10.5 Å². The van der Waals surface area contributed by atoms with E-state index in [0.29, 0.717) is 19.3 Å². The van der Waals surface area contributed by atoms with Crippen molar-refractivity contribution in [3.05, 3.63) is 23.3 Å². The summed E-state index contributed by atoms with van der Waals surface area (Å²) in [4.78, 5) is 11.7. The lowest BCUT2D eigenvalue weighted by Gasteiger charge is -2.27. The molecular formula is C18H27ClN2O5S. The molecule has 7 nitrogen and oxygen atoms in total. The molecule has 3 N–H and O–H groups in total. The van der Waals surface area contributed by atoms with Crippen LogP contribution >= 0.6 is 12.4 Å². The maximum atomic E-state index is 13.4. The van der Waals surface area contributed by atoms with Gasteiger partial charge in [0.25, 0.3) is 0 Å². The number of sulfonamides is 1. The highest BCUT2D eigenvalue weighted by atomic mass is 35.5. The molecule has 0 bridgehead atoms. The minimum absolute atomic E-state index is 0. The highest BCUT2D eigenvalue weighted by Crippen LogP contribution is 2.36. The van der Waals surface area contributed by atoms with Crippen molar-refractivity contribution in [1.82, 2.24) is 4.31 Å². The first-order valence-corrected chi connectivity index (χ1v) is 10.5. The van der Waals surface area contributed by atoms with Crippen molar-refractivity contribution in [1.29, 1.82) is 0 Å². The van der Waals surface area contributed by atoms with Crippen LogP contribution in [-0.4, -0.2) is 50.0 Å². The van der Waals surface area contributed by atoms with Gasteiger partial charge in [0.05, 0.1) is 17.9 Å². The number of rotatable bonds is 4. The van der Waals surface area contributed by atoms with Gasteiger partial charge in [-0.2, -0.15) is 4.31 Å². The van der Waals surface area contributed by atoms with Crippen LogP contribution in [0.4, 0.5) is 0 Å². The number of ether oxygens (including phenoxy) is 1. The fourth-order valence-electron chi connectivity index (χ4n) is 3.95. The maximum Gasteiger partial charge on any atom is 0.307 e. The van der Waals surface area contributed by atoms with Crippen LogP contribution in [0.1, 0.15) is 36.8 Å². The molecule has 3 rings (SSSR count). The van der Waals surface area contributed by atoms with E-state index >= 15 is 0 Å².